The summed E-state index contributed by atoms with van der Waals surface area (Å²) in [5.74, 6) is -0.395. The van der Waals surface area contributed by atoms with E-state index in [2.05, 4.69) is 11.2 Å². The van der Waals surface area contributed by atoms with Gasteiger partial charge in [-0.15, -0.1) is 6.42 Å². The minimum absolute atomic E-state index is 0.283. The van der Waals surface area contributed by atoms with E-state index in [1.165, 1.54) is 6.07 Å². The van der Waals surface area contributed by atoms with Crippen molar-refractivity contribution in [3.8, 4) is 23.5 Å². The highest BCUT2D eigenvalue weighted by atomic mass is 35.5. The van der Waals surface area contributed by atoms with Crippen LogP contribution in [0.4, 0.5) is 0 Å². The van der Waals surface area contributed by atoms with Gasteiger partial charge in [0, 0.05) is 10.6 Å². The lowest BCUT2D eigenvalue weighted by molar-refractivity contribution is -0.137. The molecule has 3 N–H and O–H groups in total. The van der Waals surface area contributed by atoms with E-state index < -0.39 is 24.2 Å². The lowest BCUT2D eigenvalue weighted by Crippen LogP contribution is -2.30. The second kappa shape index (κ2) is 9.63. The Balaban J connectivity index is 2.77. The molecular formula is C23H20ClNO4. The summed E-state index contributed by atoms with van der Waals surface area (Å²) in [6.07, 6.45) is 7.31. The Kier molecular flexibility index (Phi) is 7.24. The van der Waals surface area contributed by atoms with Crippen molar-refractivity contribution in [3.05, 3.63) is 70.3 Å². The van der Waals surface area contributed by atoms with Crippen LogP contribution in [0.5, 0.6) is 0 Å². The first kappa shape index (κ1) is 21.8. The lowest BCUT2D eigenvalue weighted by Gasteiger charge is -2.17. The predicted octanol–water partition coefficient (Wildman–Crippen LogP) is 4.53. The zero-order chi connectivity index (χ0) is 21.6. The van der Waals surface area contributed by atoms with Gasteiger partial charge in [0.25, 0.3) is 5.91 Å². The van der Waals surface area contributed by atoms with Crippen molar-refractivity contribution in [1.82, 2.24) is 5.32 Å². The summed E-state index contributed by atoms with van der Waals surface area (Å²) in [5, 5.41) is 22.1. The van der Waals surface area contributed by atoms with Gasteiger partial charge in [0.05, 0.1) is 0 Å². The molecule has 1 amide bonds. The zero-order valence-corrected chi connectivity index (χ0v) is 16.7. The number of hydrogen-bond donors (Lipinski definition) is 3. The van der Waals surface area contributed by atoms with Crippen LogP contribution in [-0.4, -0.2) is 28.6 Å². The highest BCUT2D eigenvalue weighted by Gasteiger charge is 2.21. The number of allylic oxidation sites excluding steroid dienone is 2. The van der Waals surface area contributed by atoms with Crippen LogP contribution >= 0.6 is 11.6 Å². The summed E-state index contributed by atoms with van der Waals surface area (Å²) < 4.78 is 0. The molecule has 0 aliphatic carbocycles. The summed E-state index contributed by atoms with van der Waals surface area (Å²) in [7, 11) is 0. The van der Waals surface area contributed by atoms with E-state index in [9.17, 15) is 14.7 Å². The van der Waals surface area contributed by atoms with Gasteiger partial charge in [-0.1, -0.05) is 53.9 Å². The summed E-state index contributed by atoms with van der Waals surface area (Å²) >= 11 is 6.31. The second-order valence-corrected chi connectivity index (χ2v) is 6.59. The van der Waals surface area contributed by atoms with Crippen LogP contribution in [0.15, 0.2) is 54.1 Å². The van der Waals surface area contributed by atoms with E-state index in [1.807, 2.05) is 50.3 Å². The number of aliphatic hydroxyl groups excluding tert-OH is 1. The fraction of sp³-hybridized carbons (Fsp3) is 0.130. The molecule has 0 unspecified atom stereocenters. The molecule has 2 aromatic rings. The van der Waals surface area contributed by atoms with Gasteiger partial charge in [0.15, 0.2) is 0 Å². The fourth-order valence-electron chi connectivity index (χ4n) is 2.83. The highest BCUT2D eigenvalue weighted by molar-refractivity contribution is 6.31. The number of amides is 1. The molecule has 5 nitrogen and oxygen atoms in total. The van der Waals surface area contributed by atoms with Gasteiger partial charge in [-0.2, -0.15) is 0 Å². The predicted molar refractivity (Wildman–Crippen MR) is 115 cm³/mol. The minimum Gasteiger partial charge on any atom is -0.506 e. The van der Waals surface area contributed by atoms with Gasteiger partial charge >= 0.3 is 5.97 Å². The number of terminal acetylenes is 1. The summed E-state index contributed by atoms with van der Waals surface area (Å²) in [6.45, 7) is 3.10. The van der Waals surface area contributed by atoms with Crippen molar-refractivity contribution >= 4 is 34.8 Å². The van der Waals surface area contributed by atoms with Gasteiger partial charge in [-0.05, 0) is 48.2 Å². The maximum atomic E-state index is 12.3. The van der Waals surface area contributed by atoms with Crippen LogP contribution in [0.2, 0.25) is 5.02 Å². The Labute approximate surface area is 174 Å². The summed E-state index contributed by atoms with van der Waals surface area (Å²) in [4.78, 5) is 23.0. The fourth-order valence-corrected chi connectivity index (χ4v) is 3.05. The van der Waals surface area contributed by atoms with E-state index in [0.717, 1.165) is 16.7 Å². The Hall–Kier alpha value is -3.49. The van der Waals surface area contributed by atoms with Crippen LogP contribution in [0.1, 0.15) is 25.0 Å². The molecule has 0 aliphatic rings. The van der Waals surface area contributed by atoms with Crippen molar-refractivity contribution in [2.75, 3.05) is 6.54 Å². The molecule has 0 atom stereocenters. The molecule has 148 valence electrons. The molecule has 0 saturated heterocycles. The van der Waals surface area contributed by atoms with E-state index in [-0.39, 0.29) is 11.1 Å². The number of aliphatic hydroxyl groups is 1. The van der Waals surface area contributed by atoms with Crippen LogP contribution in [0.3, 0.4) is 0 Å². The quantitative estimate of drug-likeness (QED) is 0.371. The molecule has 0 heterocycles. The third-order valence-corrected chi connectivity index (χ3v) is 4.50. The van der Waals surface area contributed by atoms with Gasteiger partial charge in [-0.25, -0.2) is 0 Å². The molecule has 29 heavy (non-hydrogen) atoms. The third-order valence-electron chi connectivity index (χ3n) is 4.28. The van der Waals surface area contributed by atoms with Crippen LogP contribution < -0.4 is 5.32 Å². The molecule has 0 bridgehead atoms. The number of carboxylic acid groups (broad SMARTS) is 1. The Morgan fingerprint density at radius 2 is 1.86 bits per heavy atom. The van der Waals surface area contributed by atoms with Gasteiger partial charge in [-0.3, -0.25) is 9.59 Å². The van der Waals surface area contributed by atoms with Crippen molar-refractivity contribution < 1.29 is 19.8 Å². The van der Waals surface area contributed by atoms with Crippen molar-refractivity contribution in [3.63, 3.8) is 0 Å². The smallest absolute Gasteiger partial charge is 0.322 e. The highest BCUT2D eigenvalue weighted by Crippen LogP contribution is 2.37. The van der Waals surface area contributed by atoms with Gasteiger partial charge in [0.1, 0.15) is 17.9 Å². The maximum absolute atomic E-state index is 12.3. The first-order valence-corrected chi connectivity index (χ1v) is 9.10. The number of carbonyl (C=O) groups is 2. The van der Waals surface area contributed by atoms with E-state index >= 15 is 0 Å². The van der Waals surface area contributed by atoms with Crippen molar-refractivity contribution in [2.24, 2.45) is 0 Å². The van der Waals surface area contributed by atoms with E-state index in [1.54, 1.807) is 6.07 Å². The monoisotopic (exact) mass is 409 g/mol. The molecular weight excluding hydrogens is 390 g/mol. The average Bonchev–Trinajstić information content (AvgIpc) is 2.72. The summed E-state index contributed by atoms with van der Waals surface area (Å²) in [5.41, 5.74) is 3.04. The molecule has 0 fully saturated rings. The number of rotatable bonds is 6. The molecule has 2 rings (SSSR count). The SMILES string of the molecule is C#C/C(C(=O)NCC(=O)O)=C(/O)c1cc(Cl)cc(-c2ccccc2)c1/C(C)=C\C. The molecule has 0 aliphatic heterocycles. The maximum Gasteiger partial charge on any atom is 0.322 e. The first-order chi connectivity index (χ1) is 13.8. The van der Waals surface area contributed by atoms with Crippen molar-refractivity contribution in [2.45, 2.75) is 13.8 Å². The number of hydrogen-bond acceptors (Lipinski definition) is 3. The van der Waals surface area contributed by atoms with Crippen LogP contribution in [0, 0.1) is 12.3 Å². The molecule has 0 aromatic heterocycles. The Bertz CT molecular complexity index is 1050. The molecule has 6 heteroatoms. The zero-order valence-electron chi connectivity index (χ0n) is 16.0. The Morgan fingerprint density at radius 1 is 1.21 bits per heavy atom. The van der Waals surface area contributed by atoms with Gasteiger partial charge < -0.3 is 15.5 Å². The lowest BCUT2D eigenvalue weighted by atomic mass is 9.89. The summed E-state index contributed by atoms with van der Waals surface area (Å²) in [6, 6.07) is 12.8. The molecule has 0 spiro atoms. The van der Waals surface area contributed by atoms with Gasteiger partial charge in [0.2, 0.25) is 0 Å². The third kappa shape index (κ3) is 5.07. The van der Waals surface area contributed by atoms with Crippen LogP contribution in [0.25, 0.3) is 22.5 Å². The normalized spacial score (nSPS) is 12.0. The number of carboxylic acids is 1. The Morgan fingerprint density at radius 3 is 2.41 bits per heavy atom. The van der Waals surface area contributed by atoms with Crippen LogP contribution in [-0.2, 0) is 9.59 Å². The van der Waals surface area contributed by atoms with E-state index in [4.69, 9.17) is 23.1 Å². The van der Waals surface area contributed by atoms with E-state index in [0.29, 0.717) is 10.6 Å². The number of aliphatic carboxylic acids is 1. The average molecular weight is 410 g/mol. The second-order valence-electron chi connectivity index (χ2n) is 6.16. The topological polar surface area (TPSA) is 86.6 Å². The largest absolute Gasteiger partial charge is 0.506 e. The number of carbonyl (C=O) groups excluding carboxylic acids is 1. The first-order valence-electron chi connectivity index (χ1n) is 8.72. The van der Waals surface area contributed by atoms with Crippen molar-refractivity contribution in [1.29, 1.82) is 0 Å². The number of nitrogens with one attached hydrogen (secondary N) is 1. The molecule has 0 radical (unpaired) electrons. The molecule has 0 saturated carbocycles. The number of halogens is 1. The standard InChI is InChI=1S/C23H20ClNO4/c1-4-14(3)21-18(15-9-7-6-8-10-15)11-16(24)12-19(21)22(28)17(5-2)23(29)25-13-20(26)27/h2,4,6-12,28H,13H2,1,3H3,(H,25,29)(H,26,27)/b14-4-,22-17-. The molecule has 2 aromatic carbocycles. The number of benzene rings is 2. The minimum atomic E-state index is -1.23.